The van der Waals surface area contributed by atoms with E-state index in [-0.39, 0.29) is 11.3 Å². The minimum atomic E-state index is -0.348. The van der Waals surface area contributed by atoms with Gasteiger partial charge in [-0.2, -0.15) is 9.78 Å². The minimum absolute atomic E-state index is 0.0582. The predicted molar refractivity (Wildman–Crippen MR) is 103 cm³/mol. The SMILES string of the molecule is COc1cc2nc(C)n(/N=C/c3cc(Br)ccc3O)c(=O)c2cc1OC. The predicted octanol–water partition coefficient (Wildman–Crippen LogP) is 3.07. The van der Waals surface area contributed by atoms with Gasteiger partial charge in [-0.3, -0.25) is 4.79 Å². The van der Waals surface area contributed by atoms with E-state index in [0.29, 0.717) is 33.8 Å². The quantitative estimate of drug-likeness (QED) is 0.659. The van der Waals surface area contributed by atoms with E-state index in [0.717, 1.165) is 4.47 Å². The fraction of sp³-hybridized carbons (Fsp3) is 0.167. The lowest BCUT2D eigenvalue weighted by molar-refractivity contribution is 0.355. The number of halogens is 1. The van der Waals surface area contributed by atoms with Crippen LogP contribution < -0.4 is 15.0 Å². The third-order valence-electron chi connectivity index (χ3n) is 3.82. The number of aromatic nitrogens is 2. The number of hydrogen-bond donors (Lipinski definition) is 1. The number of aryl methyl sites for hydroxylation is 1. The molecule has 0 atom stereocenters. The molecule has 0 aliphatic carbocycles. The molecule has 0 bridgehead atoms. The summed E-state index contributed by atoms with van der Waals surface area (Å²) in [5, 5.41) is 14.4. The molecule has 3 aromatic rings. The van der Waals surface area contributed by atoms with Gasteiger partial charge in [0.25, 0.3) is 5.56 Å². The van der Waals surface area contributed by atoms with Crippen molar-refractivity contribution in [3.05, 3.63) is 56.5 Å². The Morgan fingerprint density at radius 1 is 1.19 bits per heavy atom. The van der Waals surface area contributed by atoms with Crippen molar-refractivity contribution < 1.29 is 14.6 Å². The number of aromatic hydroxyl groups is 1. The van der Waals surface area contributed by atoms with Gasteiger partial charge in [0, 0.05) is 16.1 Å². The van der Waals surface area contributed by atoms with Gasteiger partial charge < -0.3 is 14.6 Å². The van der Waals surface area contributed by atoms with Gasteiger partial charge in [0.05, 0.1) is 31.3 Å². The lowest BCUT2D eigenvalue weighted by Gasteiger charge is -2.10. The minimum Gasteiger partial charge on any atom is -0.507 e. The maximum absolute atomic E-state index is 12.8. The highest BCUT2D eigenvalue weighted by Crippen LogP contribution is 2.30. The molecule has 0 spiro atoms. The lowest BCUT2D eigenvalue weighted by atomic mass is 10.2. The van der Waals surface area contributed by atoms with E-state index in [1.54, 1.807) is 31.2 Å². The zero-order chi connectivity index (χ0) is 18.8. The first-order valence-corrected chi connectivity index (χ1v) is 8.42. The molecular formula is C18H16BrN3O4. The topological polar surface area (TPSA) is 85.9 Å². The Morgan fingerprint density at radius 3 is 2.58 bits per heavy atom. The van der Waals surface area contributed by atoms with Crippen LogP contribution in [0.15, 0.2) is 44.7 Å². The van der Waals surface area contributed by atoms with Crippen molar-refractivity contribution in [2.24, 2.45) is 5.10 Å². The Bertz CT molecular complexity index is 1080. The van der Waals surface area contributed by atoms with Crippen molar-refractivity contribution in [1.82, 2.24) is 9.66 Å². The van der Waals surface area contributed by atoms with Gasteiger partial charge in [-0.1, -0.05) is 15.9 Å². The van der Waals surface area contributed by atoms with Gasteiger partial charge in [-0.25, -0.2) is 4.98 Å². The average Bonchev–Trinajstić information content (AvgIpc) is 2.63. The molecule has 26 heavy (non-hydrogen) atoms. The highest BCUT2D eigenvalue weighted by atomic mass is 79.9. The molecule has 1 aromatic heterocycles. The fourth-order valence-corrected chi connectivity index (χ4v) is 2.88. The fourth-order valence-electron chi connectivity index (χ4n) is 2.50. The standard InChI is InChI=1S/C18H16BrN3O4/c1-10-21-14-8-17(26-3)16(25-2)7-13(14)18(24)22(10)20-9-11-6-12(19)4-5-15(11)23/h4-9,23H,1-3H3/b20-9+. The molecule has 0 radical (unpaired) electrons. The molecule has 0 fully saturated rings. The summed E-state index contributed by atoms with van der Waals surface area (Å²) in [7, 11) is 3.02. The molecule has 7 nitrogen and oxygen atoms in total. The summed E-state index contributed by atoms with van der Waals surface area (Å²) in [4.78, 5) is 17.2. The molecule has 1 heterocycles. The van der Waals surface area contributed by atoms with Gasteiger partial charge in [-0.05, 0) is 31.2 Å². The molecule has 2 aromatic carbocycles. The first-order chi connectivity index (χ1) is 12.4. The average molecular weight is 418 g/mol. The third kappa shape index (κ3) is 3.28. The molecule has 0 saturated carbocycles. The van der Waals surface area contributed by atoms with E-state index in [4.69, 9.17) is 9.47 Å². The number of phenols is 1. The van der Waals surface area contributed by atoms with Crippen molar-refractivity contribution in [3.8, 4) is 17.2 Å². The van der Waals surface area contributed by atoms with Crippen LogP contribution in [-0.2, 0) is 0 Å². The number of fused-ring (bicyclic) bond motifs is 1. The molecule has 0 aliphatic rings. The number of nitrogens with zero attached hydrogens (tertiary/aromatic N) is 3. The summed E-state index contributed by atoms with van der Waals surface area (Å²) >= 11 is 3.33. The van der Waals surface area contributed by atoms with Crippen LogP contribution in [0.25, 0.3) is 10.9 Å². The maximum Gasteiger partial charge on any atom is 0.282 e. The van der Waals surface area contributed by atoms with Crippen LogP contribution in [0.3, 0.4) is 0 Å². The van der Waals surface area contributed by atoms with Crippen LogP contribution in [-0.4, -0.2) is 35.2 Å². The number of rotatable bonds is 4. The third-order valence-corrected chi connectivity index (χ3v) is 4.31. The molecule has 0 saturated heterocycles. The van der Waals surface area contributed by atoms with Crippen LogP contribution in [0.1, 0.15) is 11.4 Å². The monoisotopic (exact) mass is 417 g/mol. The van der Waals surface area contributed by atoms with Crippen molar-refractivity contribution in [2.75, 3.05) is 14.2 Å². The number of ether oxygens (including phenoxy) is 2. The van der Waals surface area contributed by atoms with E-state index in [9.17, 15) is 9.90 Å². The highest BCUT2D eigenvalue weighted by molar-refractivity contribution is 9.10. The van der Waals surface area contributed by atoms with Crippen LogP contribution in [0.5, 0.6) is 17.2 Å². The second kappa shape index (κ2) is 7.17. The van der Waals surface area contributed by atoms with Gasteiger partial charge in [-0.15, -0.1) is 0 Å². The molecule has 1 N–H and O–H groups in total. The summed E-state index contributed by atoms with van der Waals surface area (Å²) in [6.07, 6.45) is 1.41. The summed E-state index contributed by atoms with van der Waals surface area (Å²) in [6, 6.07) is 8.17. The van der Waals surface area contributed by atoms with E-state index in [1.807, 2.05) is 0 Å². The Hall–Kier alpha value is -2.87. The number of benzene rings is 2. The number of phenolic OH excluding ortho intramolecular Hbond substituents is 1. The van der Waals surface area contributed by atoms with Crippen LogP contribution in [0.4, 0.5) is 0 Å². The van der Waals surface area contributed by atoms with Crippen LogP contribution in [0, 0.1) is 6.92 Å². The maximum atomic E-state index is 12.8. The molecule has 8 heteroatoms. The highest BCUT2D eigenvalue weighted by Gasteiger charge is 2.13. The van der Waals surface area contributed by atoms with Crippen molar-refractivity contribution in [2.45, 2.75) is 6.92 Å². The molecule has 134 valence electrons. The Balaban J connectivity index is 2.16. The van der Waals surface area contributed by atoms with E-state index < -0.39 is 0 Å². The van der Waals surface area contributed by atoms with Gasteiger partial charge in [0.1, 0.15) is 11.6 Å². The first kappa shape index (κ1) is 17.9. The van der Waals surface area contributed by atoms with Crippen molar-refractivity contribution in [1.29, 1.82) is 0 Å². The zero-order valence-electron chi connectivity index (χ0n) is 14.4. The van der Waals surface area contributed by atoms with E-state index in [1.165, 1.54) is 31.2 Å². The molecular weight excluding hydrogens is 402 g/mol. The van der Waals surface area contributed by atoms with Gasteiger partial charge in [0.2, 0.25) is 0 Å². The first-order valence-electron chi connectivity index (χ1n) is 7.63. The summed E-state index contributed by atoms with van der Waals surface area (Å²) in [5.74, 6) is 1.39. The van der Waals surface area contributed by atoms with E-state index >= 15 is 0 Å². The second-order valence-electron chi connectivity index (χ2n) is 5.45. The zero-order valence-corrected chi connectivity index (χ0v) is 15.9. The van der Waals surface area contributed by atoms with Crippen molar-refractivity contribution in [3.63, 3.8) is 0 Å². The Labute approximate surface area is 157 Å². The van der Waals surface area contributed by atoms with Gasteiger partial charge >= 0.3 is 0 Å². The summed E-state index contributed by atoms with van der Waals surface area (Å²) < 4.78 is 12.5. The second-order valence-corrected chi connectivity index (χ2v) is 6.36. The number of hydrogen-bond acceptors (Lipinski definition) is 6. The van der Waals surface area contributed by atoms with Gasteiger partial charge in [0.15, 0.2) is 11.5 Å². The summed E-state index contributed by atoms with van der Waals surface area (Å²) in [6.45, 7) is 1.68. The normalized spacial score (nSPS) is 11.2. The summed E-state index contributed by atoms with van der Waals surface area (Å²) in [5.41, 5.74) is 0.610. The Kier molecular flexibility index (Phi) is 4.94. The van der Waals surface area contributed by atoms with Crippen LogP contribution >= 0.6 is 15.9 Å². The largest absolute Gasteiger partial charge is 0.507 e. The molecule has 3 rings (SSSR count). The molecule has 0 amide bonds. The van der Waals surface area contributed by atoms with Crippen LogP contribution in [0.2, 0.25) is 0 Å². The number of methoxy groups -OCH3 is 2. The van der Waals surface area contributed by atoms with Crippen molar-refractivity contribution >= 4 is 33.0 Å². The molecule has 0 aliphatic heterocycles. The lowest BCUT2D eigenvalue weighted by Crippen LogP contribution is -2.20. The molecule has 0 unspecified atom stereocenters. The Morgan fingerprint density at radius 2 is 1.88 bits per heavy atom. The van der Waals surface area contributed by atoms with E-state index in [2.05, 4.69) is 26.0 Å². The smallest absolute Gasteiger partial charge is 0.282 e.